The number of carbonyl (C=O) groups is 1. The summed E-state index contributed by atoms with van der Waals surface area (Å²) < 4.78 is 39.3. The highest BCUT2D eigenvalue weighted by molar-refractivity contribution is 5.76. The van der Waals surface area contributed by atoms with Crippen molar-refractivity contribution in [3.8, 4) is 17.0 Å². The fourth-order valence-electron chi connectivity index (χ4n) is 4.89. The van der Waals surface area contributed by atoms with E-state index in [1.54, 1.807) is 25.4 Å². The van der Waals surface area contributed by atoms with Crippen LogP contribution in [0.25, 0.3) is 11.3 Å². The van der Waals surface area contributed by atoms with E-state index in [2.05, 4.69) is 28.7 Å². The highest BCUT2D eigenvalue weighted by Gasteiger charge is 2.30. The van der Waals surface area contributed by atoms with E-state index in [9.17, 15) is 18.7 Å². The quantitative estimate of drug-likeness (QED) is 0.300. The Hall–Kier alpha value is -3.59. The lowest BCUT2D eigenvalue weighted by Crippen LogP contribution is -2.37. The third-order valence-electron chi connectivity index (χ3n) is 7.28. The van der Waals surface area contributed by atoms with Gasteiger partial charge in [0.05, 0.1) is 29.8 Å². The maximum absolute atomic E-state index is 13.6. The molecule has 0 unspecified atom stereocenters. The van der Waals surface area contributed by atoms with Gasteiger partial charge in [-0.05, 0) is 75.8 Å². The van der Waals surface area contributed by atoms with Gasteiger partial charge in [-0.2, -0.15) is 0 Å². The molecular weight excluding hydrogens is 528 g/mol. The minimum atomic E-state index is -1.18. The highest BCUT2D eigenvalue weighted by Crippen LogP contribution is 2.38. The van der Waals surface area contributed by atoms with Crippen LogP contribution in [0.5, 0.6) is 5.75 Å². The van der Waals surface area contributed by atoms with Crippen molar-refractivity contribution < 1.29 is 28.2 Å². The lowest BCUT2D eigenvalue weighted by atomic mass is 9.82. The predicted octanol–water partition coefficient (Wildman–Crippen LogP) is 6.92. The fraction of sp³-hybridized carbons (Fsp3) is 0.469. The summed E-state index contributed by atoms with van der Waals surface area (Å²) in [6.07, 6.45) is 4.50. The number of pyridine rings is 2. The van der Waals surface area contributed by atoms with Crippen molar-refractivity contribution in [2.75, 3.05) is 24.6 Å². The van der Waals surface area contributed by atoms with Crippen molar-refractivity contribution >= 4 is 11.7 Å². The standard InChI is InChI=1S/C32H39F2N3O4/c1-20-25(29(30(38)39)41-31(2,3)4)15-22(18-35-20)26-17-27(37-10-8-32(5,6)9-11-37)28(19-36-26)40-12-7-21-13-23(33)16-24(34)14-21/h13-19,29H,7-12H2,1-6H3,(H,38,39)/t29-/m0/s1. The van der Waals surface area contributed by atoms with Crippen molar-refractivity contribution in [3.05, 3.63) is 71.2 Å². The Morgan fingerprint density at radius 2 is 1.71 bits per heavy atom. The molecule has 0 aliphatic carbocycles. The molecule has 1 aliphatic heterocycles. The van der Waals surface area contributed by atoms with Gasteiger partial charge >= 0.3 is 5.97 Å². The molecule has 7 nitrogen and oxygen atoms in total. The number of nitrogens with zero attached hydrogens (tertiary/aromatic N) is 3. The van der Waals surface area contributed by atoms with Gasteiger partial charge in [-0.15, -0.1) is 0 Å². The monoisotopic (exact) mass is 567 g/mol. The number of rotatable bonds is 9. The van der Waals surface area contributed by atoms with Gasteiger partial charge in [0.1, 0.15) is 11.6 Å². The third-order valence-corrected chi connectivity index (χ3v) is 7.28. The molecule has 1 fully saturated rings. The zero-order chi connectivity index (χ0) is 29.9. The summed E-state index contributed by atoms with van der Waals surface area (Å²) in [5.41, 5.74) is 3.26. The summed E-state index contributed by atoms with van der Waals surface area (Å²) in [6, 6.07) is 7.17. The molecule has 9 heteroatoms. The van der Waals surface area contributed by atoms with Gasteiger partial charge in [0.25, 0.3) is 0 Å². The number of aromatic nitrogens is 2. The zero-order valence-corrected chi connectivity index (χ0v) is 24.6. The summed E-state index contributed by atoms with van der Waals surface area (Å²) in [5, 5.41) is 9.93. The molecule has 1 atom stereocenters. The summed E-state index contributed by atoms with van der Waals surface area (Å²) >= 11 is 0. The van der Waals surface area contributed by atoms with Crippen molar-refractivity contribution in [2.24, 2.45) is 5.41 Å². The van der Waals surface area contributed by atoms with Gasteiger partial charge in [0.15, 0.2) is 11.9 Å². The van der Waals surface area contributed by atoms with E-state index in [4.69, 9.17) is 9.47 Å². The van der Waals surface area contributed by atoms with Crippen molar-refractivity contribution in [1.82, 2.24) is 9.97 Å². The van der Waals surface area contributed by atoms with Crippen LogP contribution < -0.4 is 9.64 Å². The van der Waals surface area contributed by atoms with E-state index in [0.717, 1.165) is 37.7 Å². The molecule has 1 N–H and O–H groups in total. The minimum absolute atomic E-state index is 0.219. The number of halogens is 2. The Kier molecular flexibility index (Phi) is 8.97. The number of piperidine rings is 1. The second-order valence-corrected chi connectivity index (χ2v) is 12.4. The Morgan fingerprint density at radius 1 is 1.05 bits per heavy atom. The molecular formula is C32H39F2N3O4. The van der Waals surface area contributed by atoms with Crippen molar-refractivity contribution in [2.45, 2.75) is 72.5 Å². The van der Waals surface area contributed by atoms with Crippen LogP contribution in [0, 0.1) is 24.0 Å². The molecule has 220 valence electrons. The maximum atomic E-state index is 13.6. The molecule has 0 radical (unpaired) electrons. The Morgan fingerprint density at radius 3 is 2.32 bits per heavy atom. The third kappa shape index (κ3) is 8.00. The number of aliphatic carboxylic acids is 1. The Balaban J connectivity index is 1.65. The van der Waals surface area contributed by atoms with Crippen LogP contribution in [-0.4, -0.2) is 46.3 Å². The molecule has 1 aliphatic rings. The second kappa shape index (κ2) is 12.1. The molecule has 4 rings (SSSR count). The second-order valence-electron chi connectivity index (χ2n) is 12.4. The Bertz CT molecular complexity index is 1370. The SMILES string of the molecule is Cc1ncc(-c2cc(N3CCC(C)(C)CC3)c(OCCc3cc(F)cc(F)c3)cn2)cc1[C@H](OC(C)(C)C)C(=O)O. The van der Waals surface area contributed by atoms with Crippen LogP contribution >= 0.6 is 0 Å². The molecule has 0 amide bonds. The van der Waals surface area contributed by atoms with Gasteiger partial charge in [0.2, 0.25) is 0 Å². The molecule has 1 saturated heterocycles. The number of aryl methyl sites for hydroxylation is 1. The molecule has 0 saturated carbocycles. The van der Waals surface area contributed by atoms with Crippen LogP contribution in [-0.2, 0) is 16.0 Å². The van der Waals surface area contributed by atoms with E-state index in [1.165, 1.54) is 12.1 Å². The van der Waals surface area contributed by atoms with Gasteiger partial charge in [-0.25, -0.2) is 13.6 Å². The fourth-order valence-corrected chi connectivity index (χ4v) is 4.89. The van der Waals surface area contributed by atoms with Crippen LogP contribution in [0.15, 0.2) is 42.7 Å². The predicted molar refractivity (Wildman–Crippen MR) is 154 cm³/mol. The van der Waals surface area contributed by atoms with Crippen LogP contribution in [0.3, 0.4) is 0 Å². The molecule has 3 aromatic rings. The van der Waals surface area contributed by atoms with Crippen molar-refractivity contribution in [3.63, 3.8) is 0 Å². The van der Waals surface area contributed by atoms with Crippen molar-refractivity contribution in [1.29, 1.82) is 0 Å². The van der Waals surface area contributed by atoms with E-state index in [1.807, 2.05) is 26.8 Å². The Labute approximate surface area is 240 Å². The minimum Gasteiger partial charge on any atom is -0.489 e. The summed E-state index contributed by atoms with van der Waals surface area (Å²) in [4.78, 5) is 23.5. The van der Waals surface area contributed by atoms with Gasteiger partial charge in [-0.3, -0.25) is 9.97 Å². The lowest BCUT2D eigenvalue weighted by molar-refractivity contribution is -0.160. The maximum Gasteiger partial charge on any atom is 0.337 e. The summed E-state index contributed by atoms with van der Waals surface area (Å²) in [5.74, 6) is -1.75. The van der Waals surface area contributed by atoms with E-state index >= 15 is 0 Å². The van der Waals surface area contributed by atoms with Crippen LogP contribution in [0.2, 0.25) is 0 Å². The van der Waals surface area contributed by atoms with E-state index in [0.29, 0.717) is 40.2 Å². The number of hydrogen-bond donors (Lipinski definition) is 1. The number of carboxylic acids is 1. The number of benzene rings is 1. The average Bonchev–Trinajstić information content (AvgIpc) is 2.87. The number of anilines is 1. The highest BCUT2D eigenvalue weighted by atomic mass is 19.1. The van der Waals surface area contributed by atoms with Crippen LogP contribution in [0.1, 0.15) is 70.4 Å². The molecule has 0 spiro atoms. The molecule has 3 heterocycles. The van der Waals surface area contributed by atoms with Crippen LogP contribution in [0.4, 0.5) is 14.5 Å². The molecule has 1 aromatic carbocycles. The number of ether oxygens (including phenoxy) is 2. The first-order chi connectivity index (χ1) is 19.2. The van der Waals surface area contributed by atoms with Gasteiger partial charge in [-0.1, -0.05) is 13.8 Å². The summed E-state index contributed by atoms with van der Waals surface area (Å²) in [6.45, 7) is 13.6. The normalized spacial score (nSPS) is 16.0. The molecule has 2 aromatic heterocycles. The average molecular weight is 568 g/mol. The van der Waals surface area contributed by atoms with Gasteiger partial charge < -0.3 is 19.5 Å². The lowest BCUT2D eigenvalue weighted by Gasteiger charge is -2.38. The first-order valence-corrected chi connectivity index (χ1v) is 13.9. The number of hydrogen-bond acceptors (Lipinski definition) is 6. The first kappa shape index (κ1) is 30.4. The smallest absolute Gasteiger partial charge is 0.337 e. The van der Waals surface area contributed by atoms with Gasteiger partial charge in [0, 0.05) is 48.6 Å². The van der Waals surface area contributed by atoms with E-state index in [-0.39, 0.29) is 12.0 Å². The van der Waals surface area contributed by atoms with E-state index < -0.39 is 29.3 Å². The first-order valence-electron chi connectivity index (χ1n) is 13.9. The molecule has 41 heavy (non-hydrogen) atoms. The molecule has 0 bridgehead atoms. The largest absolute Gasteiger partial charge is 0.489 e. The zero-order valence-electron chi connectivity index (χ0n) is 24.6. The summed E-state index contributed by atoms with van der Waals surface area (Å²) in [7, 11) is 0. The topological polar surface area (TPSA) is 84.8 Å². The number of carboxylic acid groups (broad SMARTS) is 1.